The largest absolute Gasteiger partial charge is 0.488 e. The highest BCUT2D eigenvalue weighted by Gasteiger charge is 2.25. The maximum absolute atomic E-state index is 5.85. The molecule has 1 nitrogen and oxygen atoms in total. The second-order valence-corrected chi connectivity index (χ2v) is 7.79. The monoisotopic (exact) mass is 324 g/mol. The lowest BCUT2D eigenvalue weighted by Crippen LogP contribution is -2.18. The molecule has 0 aliphatic rings. The van der Waals surface area contributed by atoms with Crippen LogP contribution in [0.3, 0.4) is 0 Å². The zero-order valence-corrected chi connectivity index (χ0v) is 14.5. The maximum atomic E-state index is 5.85. The van der Waals surface area contributed by atoms with E-state index in [0.29, 0.717) is 6.61 Å². The predicted octanol–water partition coefficient (Wildman–Crippen LogP) is 5.61. The van der Waals surface area contributed by atoms with Crippen LogP contribution in [-0.2, 0) is 10.8 Å². The van der Waals surface area contributed by atoms with Crippen LogP contribution in [0.4, 0.5) is 0 Å². The summed E-state index contributed by atoms with van der Waals surface area (Å²) in [5.74, 6) is 0.931. The first-order valence-electron chi connectivity index (χ1n) is 6.65. The van der Waals surface area contributed by atoms with E-state index in [4.69, 9.17) is 4.74 Å². The Hall–Kier alpha value is -0.760. The van der Waals surface area contributed by atoms with Crippen molar-refractivity contribution in [2.45, 2.75) is 52.4 Å². The molecule has 1 aromatic carbocycles. The Labute approximate surface area is 126 Å². The summed E-state index contributed by atoms with van der Waals surface area (Å²) in [6, 6.07) is 4.43. The molecule has 0 amide bonds. The minimum Gasteiger partial charge on any atom is -0.488 e. The molecule has 0 bridgehead atoms. The van der Waals surface area contributed by atoms with Crippen LogP contribution in [0.15, 0.2) is 29.3 Å². The van der Waals surface area contributed by atoms with Crippen molar-refractivity contribution in [1.82, 2.24) is 0 Å². The molecule has 0 unspecified atom stereocenters. The van der Waals surface area contributed by atoms with Gasteiger partial charge in [-0.1, -0.05) is 60.3 Å². The molecule has 1 aromatic rings. The van der Waals surface area contributed by atoms with Crippen LogP contribution in [-0.4, -0.2) is 6.61 Å². The third-order valence-electron chi connectivity index (χ3n) is 3.06. The topological polar surface area (TPSA) is 9.23 Å². The summed E-state index contributed by atoms with van der Waals surface area (Å²) in [5.41, 5.74) is 2.71. The van der Waals surface area contributed by atoms with Gasteiger partial charge in [0.15, 0.2) is 0 Å². The molecule has 0 spiro atoms. The Morgan fingerprint density at radius 1 is 1.11 bits per heavy atom. The summed E-state index contributed by atoms with van der Waals surface area (Å²) < 4.78 is 6.87. The van der Waals surface area contributed by atoms with E-state index in [1.54, 1.807) is 6.08 Å². The molecule has 0 saturated heterocycles. The lowest BCUT2D eigenvalue weighted by Gasteiger charge is -2.28. The van der Waals surface area contributed by atoms with E-state index in [1.807, 2.05) is 0 Å². The van der Waals surface area contributed by atoms with Crippen molar-refractivity contribution in [3.63, 3.8) is 0 Å². The molecule has 2 heteroatoms. The van der Waals surface area contributed by atoms with E-state index < -0.39 is 0 Å². The molecule has 1 rings (SSSR count). The quantitative estimate of drug-likeness (QED) is 0.656. The molecule has 0 fully saturated rings. The Kier molecular flexibility index (Phi) is 4.89. The second kappa shape index (κ2) is 5.70. The van der Waals surface area contributed by atoms with Gasteiger partial charge < -0.3 is 4.74 Å². The summed E-state index contributed by atoms with van der Waals surface area (Å²) in [5, 5.41) is 0. The zero-order valence-electron chi connectivity index (χ0n) is 12.9. The number of benzene rings is 1. The van der Waals surface area contributed by atoms with Crippen LogP contribution < -0.4 is 4.74 Å². The average Bonchev–Trinajstić information content (AvgIpc) is 2.23. The van der Waals surface area contributed by atoms with E-state index in [9.17, 15) is 0 Å². The van der Waals surface area contributed by atoms with Crippen LogP contribution in [0, 0.1) is 0 Å². The Bertz CT molecular complexity index is 461. The van der Waals surface area contributed by atoms with Crippen LogP contribution in [0.2, 0.25) is 0 Å². The van der Waals surface area contributed by atoms with Gasteiger partial charge in [-0.25, -0.2) is 0 Å². The predicted molar refractivity (Wildman–Crippen MR) is 87.2 cm³/mol. The van der Waals surface area contributed by atoms with Gasteiger partial charge in [0.05, 0.1) is 4.47 Å². The third-order valence-corrected chi connectivity index (χ3v) is 3.65. The van der Waals surface area contributed by atoms with E-state index in [1.165, 1.54) is 11.1 Å². The fraction of sp³-hybridized carbons (Fsp3) is 0.529. The first-order valence-corrected chi connectivity index (χ1v) is 7.45. The highest BCUT2D eigenvalue weighted by Crippen LogP contribution is 2.40. The van der Waals surface area contributed by atoms with Gasteiger partial charge in [-0.2, -0.15) is 0 Å². The molecule has 0 saturated carbocycles. The van der Waals surface area contributed by atoms with Crippen molar-refractivity contribution in [1.29, 1.82) is 0 Å². The fourth-order valence-corrected chi connectivity index (χ4v) is 2.45. The number of hydrogen-bond donors (Lipinski definition) is 0. The summed E-state index contributed by atoms with van der Waals surface area (Å²) >= 11 is 3.65. The number of ether oxygens (including phenoxy) is 1. The fourth-order valence-electron chi connectivity index (χ4n) is 1.87. The first kappa shape index (κ1) is 16.3. The molecule has 0 aromatic heterocycles. The molecule has 0 heterocycles. The van der Waals surface area contributed by atoms with Crippen molar-refractivity contribution in [3.05, 3.63) is 40.4 Å². The van der Waals surface area contributed by atoms with Gasteiger partial charge in [0.1, 0.15) is 12.4 Å². The molecule has 0 aliphatic carbocycles. The van der Waals surface area contributed by atoms with Crippen LogP contribution in [0.1, 0.15) is 52.7 Å². The summed E-state index contributed by atoms with van der Waals surface area (Å²) in [6.07, 6.45) is 1.77. The van der Waals surface area contributed by atoms with Crippen LogP contribution in [0.25, 0.3) is 0 Å². The first-order chi connectivity index (χ1) is 8.57. The van der Waals surface area contributed by atoms with Gasteiger partial charge in [-0.3, -0.25) is 0 Å². The Morgan fingerprint density at radius 3 is 2.11 bits per heavy atom. The number of halogens is 1. The third kappa shape index (κ3) is 4.10. The highest BCUT2D eigenvalue weighted by atomic mass is 79.9. The van der Waals surface area contributed by atoms with E-state index in [2.05, 4.69) is 76.2 Å². The average molecular weight is 325 g/mol. The minimum atomic E-state index is 0.0419. The molecule has 19 heavy (non-hydrogen) atoms. The molecule has 0 aliphatic heterocycles. The van der Waals surface area contributed by atoms with Crippen molar-refractivity contribution >= 4 is 15.9 Å². The van der Waals surface area contributed by atoms with Crippen molar-refractivity contribution < 1.29 is 4.74 Å². The van der Waals surface area contributed by atoms with Crippen molar-refractivity contribution in [3.8, 4) is 5.75 Å². The van der Waals surface area contributed by atoms with Gasteiger partial charge >= 0.3 is 0 Å². The minimum absolute atomic E-state index is 0.0419. The van der Waals surface area contributed by atoms with Gasteiger partial charge in [0, 0.05) is 5.56 Å². The normalized spacial score (nSPS) is 12.4. The molecule has 106 valence electrons. The van der Waals surface area contributed by atoms with Crippen LogP contribution in [0.5, 0.6) is 5.75 Å². The Morgan fingerprint density at radius 2 is 1.68 bits per heavy atom. The van der Waals surface area contributed by atoms with E-state index >= 15 is 0 Å². The molecule has 0 radical (unpaired) electrons. The number of hydrogen-bond acceptors (Lipinski definition) is 1. The van der Waals surface area contributed by atoms with Crippen molar-refractivity contribution in [2.24, 2.45) is 0 Å². The zero-order chi connectivity index (χ0) is 14.8. The lowest BCUT2D eigenvalue weighted by atomic mass is 9.80. The molecular weight excluding hydrogens is 300 g/mol. The smallest absolute Gasteiger partial charge is 0.137 e. The van der Waals surface area contributed by atoms with E-state index in [0.717, 1.165) is 10.2 Å². The molecule has 0 atom stereocenters. The lowest BCUT2D eigenvalue weighted by molar-refractivity contribution is 0.348. The maximum Gasteiger partial charge on any atom is 0.137 e. The van der Waals surface area contributed by atoms with Crippen LogP contribution >= 0.6 is 15.9 Å². The summed E-state index contributed by atoms with van der Waals surface area (Å²) in [6.45, 7) is 17.6. The number of rotatable bonds is 3. The van der Waals surface area contributed by atoms with Crippen molar-refractivity contribution in [2.75, 3.05) is 6.61 Å². The Balaban J connectivity index is 3.43. The molecule has 0 N–H and O–H groups in total. The highest BCUT2D eigenvalue weighted by molar-refractivity contribution is 9.10. The van der Waals surface area contributed by atoms with Gasteiger partial charge in [0.2, 0.25) is 0 Å². The summed E-state index contributed by atoms with van der Waals surface area (Å²) in [4.78, 5) is 0. The van der Waals surface area contributed by atoms with E-state index in [-0.39, 0.29) is 10.8 Å². The molecular formula is C17H25BrO. The van der Waals surface area contributed by atoms with Gasteiger partial charge in [-0.05, 0) is 38.4 Å². The SMILES string of the molecule is C=CCOc1c(Br)cc(C(C)(C)C)cc1C(C)(C)C. The summed E-state index contributed by atoms with van der Waals surface area (Å²) in [7, 11) is 0. The second-order valence-electron chi connectivity index (χ2n) is 6.93. The van der Waals surface area contributed by atoms with Gasteiger partial charge in [-0.15, -0.1) is 0 Å². The standard InChI is InChI=1S/C17H25BrO/c1-8-9-19-15-13(17(5,6)7)10-12(11-14(15)18)16(2,3)4/h8,10-11H,1,9H2,2-7H3. The van der Waals surface area contributed by atoms with Gasteiger partial charge in [0.25, 0.3) is 0 Å².